The van der Waals surface area contributed by atoms with Gasteiger partial charge in [0.2, 0.25) is 0 Å². The van der Waals surface area contributed by atoms with E-state index < -0.39 is 0 Å². The van der Waals surface area contributed by atoms with Crippen LogP contribution in [0.2, 0.25) is 10.0 Å². The monoisotopic (exact) mass is 244 g/mol. The lowest BCUT2D eigenvalue weighted by Crippen LogP contribution is -2.30. The highest BCUT2D eigenvalue weighted by atomic mass is 35.5. The lowest BCUT2D eigenvalue weighted by molar-refractivity contribution is 0.539. The van der Waals surface area contributed by atoms with Crippen molar-refractivity contribution in [3.05, 3.63) is 33.8 Å². The third-order valence-electron chi connectivity index (χ3n) is 2.61. The quantitative estimate of drug-likeness (QED) is 0.855. The third-order valence-corrected chi connectivity index (χ3v) is 3.44. The molecule has 0 radical (unpaired) electrons. The van der Waals surface area contributed by atoms with Gasteiger partial charge in [-0.3, -0.25) is 0 Å². The Bertz CT molecular complexity index is 350. The van der Waals surface area contributed by atoms with Crippen molar-refractivity contribution >= 4 is 23.2 Å². The first-order chi connectivity index (χ1) is 7.22. The van der Waals surface area contributed by atoms with Gasteiger partial charge in [0.25, 0.3) is 0 Å². The Kier molecular flexibility index (Phi) is 3.52. The summed E-state index contributed by atoms with van der Waals surface area (Å²) in [5.41, 5.74) is 6.73. The number of nitrogens with one attached hydrogen (secondary N) is 1. The molecule has 0 heterocycles. The van der Waals surface area contributed by atoms with Crippen LogP contribution >= 0.6 is 23.2 Å². The summed E-state index contributed by atoms with van der Waals surface area (Å²) in [6.45, 7) is 0.538. The second-order valence-corrected chi connectivity index (χ2v) is 4.66. The molecule has 1 aliphatic rings. The molecule has 0 spiro atoms. The van der Waals surface area contributed by atoms with E-state index in [4.69, 9.17) is 28.9 Å². The summed E-state index contributed by atoms with van der Waals surface area (Å²) < 4.78 is 0. The van der Waals surface area contributed by atoms with Crippen molar-refractivity contribution in [2.24, 2.45) is 5.73 Å². The number of benzene rings is 1. The number of nitrogens with two attached hydrogens (primary N) is 1. The maximum Gasteiger partial charge on any atom is 0.0640 e. The van der Waals surface area contributed by atoms with Crippen molar-refractivity contribution in [1.29, 1.82) is 0 Å². The zero-order valence-corrected chi connectivity index (χ0v) is 9.85. The van der Waals surface area contributed by atoms with Gasteiger partial charge in [-0.15, -0.1) is 0 Å². The predicted octanol–water partition coefficient (Wildman–Crippen LogP) is 2.75. The first-order valence-electron chi connectivity index (χ1n) is 5.12. The normalized spacial score (nSPS) is 17.8. The standard InChI is InChI=1S/C11H14Cl2N2/c12-9-3-1-2-8(11(9)13)10(6-14)15-7-4-5-7/h1-3,7,10,15H,4-6,14H2. The Morgan fingerprint density at radius 3 is 2.73 bits per heavy atom. The zero-order chi connectivity index (χ0) is 10.8. The second kappa shape index (κ2) is 4.71. The molecule has 15 heavy (non-hydrogen) atoms. The van der Waals surface area contributed by atoms with Crippen molar-refractivity contribution in [2.45, 2.75) is 24.9 Å². The van der Waals surface area contributed by atoms with Crippen molar-refractivity contribution in [3.8, 4) is 0 Å². The molecule has 2 nitrogen and oxygen atoms in total. The zero-order valence-electron chi connectivity index (χ0n) is 8.34. The van der Waals surface area contributed by atoms with E-state index in [1.165, 1.54) is 12.8 Å². The van der Waals surface area contributed by atoms with Gasteiger partial charge in [0, 0.05) is 18.6 Å². The Hall–Kier alpha value is -0.280. The molecule has 0 saturated heterocycles. The fourth-order valence-electron chi connectivity index (χ4n) is 1.61. The Balaban J connectivity index is 2.20. The van der Waals surface area contributed by atoms with Gasteiger partial charge in [-0.25, -0.2) is 0 Å². The summed E-state index contributed by atoms with van der Waals surface area (Å²) in [5.74, 6) is 0. The van der Waals surface area contributed by atoms with Crippen LogP contribution in [0.5, 0.6) is 0 Å². The highest BCUT2D eigenvalue weighted by Gasteiger charge is 2.25. The maximum absolute atomic E-state index is 6.14. The minimum atomic E-state index is 0.115. The number of hydrogen-bond acceptors (Lipinski definition) is 2. The minimum Gasteiger partial charge on any atom is -0.329 e. The molecule has 1 saturated carbocycles. The highest BCUT2D eigenvalue weighted by Crippen LogP contribution is 2.31. The van der Waals surface area contributed by atoms with E-state index in [1.807, 2.05) is 12.1 Å². The minimum absolute atomic E-state index is 0.115. The molecule has 1 aromatic carbocycles. The summed E-state index contributed by atoms with van der Waals surface area (Å²) in [4.78, 5) is 0. The molecule has 1 unspecified atom stereocenters. The molecule has 1 aliphatic carbocycles. The molecule has 2 rings (SSSR count). The van der Waals surface area contributed by atoms with Gasteiger partial charge < -0.3 is 11.1 Å². The topological polar surface area (TPSA) is 38.0 Å². The molecule has 82 valence electrons. The summed E-state index contributed by atoms with van der Waals surface area (Å²) in [5, 5.41) is 4.66. The smallest absolute Gasteiger partial charge is 0.0640 e. The van der Waals surface area contributed by atoms with Crippen molar-refractivity contribution in [3.63, 3.8) is 0 Å². The summed E-state index contributed by atoms with van der Waals surface area (Å²) in [7, 11) is 0. The molecule has 0 aliphatic heterocycles. The SMILES string of the molecule is NCC(NC1CC1)c1cccc(Cl)c1Cl. The van der Waals surface area contributed by atoms with Gasteiger partial charge in [0.15, 0.2) is 0 Å². The molecular formula is C11H14Cl2N2. The average molecular weight is 245 g/mol. The lowest BCUT2D eigenvalue weighted by atomic mass is 10.1. The average Bonchev–Trinajstić information content (AvgIpc) is 3.03. The van der Waals surface area contributed by atoms with Gasteiger partial charge in [0.05, 0.1) is 10.0 Å². The van der Waals surface area contributed by atoms with Crippen LogP contribution in [-0.4, -0.2) is 12.6 Å². The molecule has 0 bridgehead atoms. The second-order valence-electron chi connectivity index (χ2n) is 3.87. The van der Waals surface area contributed by atoms with E-state index >= 15 is 0 Å². The fourth-order valence-corrected chi connectivity index (χ4v) is 2.05. The number of rotatable bonds is 4. The summed E-state index contributed by atoms with van der Waals surface area (Å²) >= 11 is 12.1. The molecule has 4 heteroatoms. The van der Waals surface area contributed by atoms with E-state index in [2.05, 4.69) is 5.32 Å². The number of halogens is 2. The Morgan fingerprint density at radius 2 is 2.13 bits per heavy atom. The molecule has 1 fully saturated rings. The number of hydrogen-bond donors (Lipinski definition) is 2. The molecule has 0 amide bonds. The predicted molar refractivity (Wildman–Crippen MR) is 64.4 cm³/mol. The molecule has 1 atom stereocenters. The van der Waals surface area contributed by atoms with Crippen LogP contribution in [-0.2, 0) is 0 Å². The van der Waals surface area contributed by atoms with Gasteiger partial charge in [-0.2, -0.15) is 0 Å². The van der Waals surface area contributed by atoms with Gasteiger partial charge in [0.1, 0.15) is 0 Å². The Morgan fingerprint density at radius 1 is 1.40 bits per heavy atom. The molecule has 3 N–H and O–H groups in total. The van der Waals surface area contributed by atoms with Crippen LogP contribution in [0.25, 0.3) is 0 Å². The molecule has 0 aromatic heterocycles. The van der Waals surface area contributed by atoms with Crippen molar-refractivity contribution in [2.75, 3.05) is 6.54 Å². The van der Waals surface area contributed by atoms with Crippen molar-refractivity contribution < 1.29 is 0 Å². The summed E-state index contributed by atoms with van der Waals surface area (Å²) in [6.07, 6.45) is 2.46. The van der Waals surface area contributed by atoms with E-state index in [0.717, 1.165) is 5.56 Å². The van der Waals surface area contributed by atoms with Crippen LogP contribution in [0.15, 0.2) is 18.2 Å². The maximum atomic E-state index is 6.14. The largest absolute Gasteiger partial charge is 0.329 e. The third kappa shape index (κ3) is 2.64. The van der Waals surface area contributed by atoms with Crippen LogP contribution in [0.3, 0.4) is 0 Å². The van der Waals surface area contributed by atoms with Crippen LogP contribution in [0.1, 0.15) is 24.4 Å². The van der Waals surface area contributed by atoms with Crippen molar-refractivity contribution in [1.82, 2.24) is 5.32 Å². The first-order valence-corrected chi connectivity index (χ1v) is 5.88. The molecule has 1 aromatic rings. The van der Waals surface area contributed by atoms with E-state index in [9.17, 15) is 0 Å². The van der Waals surface area contributed by atoms with E-state index in [-0.39, 0.29) is 6.04 Å². The van der Waals surface area contributed by atoms with Crippen LogP contribution < -0.4 is 11.1 Å². The molecular weight excluding hydrogens is 231 g/mol. The Labute approximate surface area is 99.7 Å². The first kappa shape index (κ1) is 11.2. The van der Waals surface area contributed by atoms with Gasteiger partial charge in [-0.05, 0) is 24.5 Å². The lowest BCUT2D eigenvalue weighted by Gasteiger charge is -2.18. The fraction of sp³-hybridized carbons (Fsp3) is 0.455. The van der Waals surface area contributed by atoms with Crippen LogP contribution in [0, 0.1) is 0 Å². The summed E-state index contributed by atoms with van der Waals surface area (Å²) in [6, 6.07) is 6.39. The highest BCUT2D eigenvalue weighted by molar-refractivity contribution is 6.42. The van der Waals surface area contributed by atoms with Gasteiger partial charge in [-0.1, -0.05) is 35.3 Å². The van der Waals surface area contributed by atoms with Crippen LogP contribution in [0.4, 0.5) is 0 Å². The van der Waals surface area contributed by atoms with E-state index in [0.29, 0.717) is 22.6 Å². The van der Waals surface area contributed by atoms with E-state index in [1.54, 1.807) is 6.07 Å². The van der Waals surface area contributed by atoms with Gasteiger partial charge >= 0.3 is 0 Å².